The second kappa shape index (κ2) is 3.42. The highest BCUT2D eigenvalue weighted by atomic mass is 16.5. The van der Waals surface area contributed by atoms with E-state index in [1.165, 1.54) is 18.2 Å². The van der Waals surface area contributed by atoms with Gasteiger partial charge in [0, 0.05) is 0 Å². The smallest absolute Gasteiger partial charge is 0.327 e. The summed E-state index contributed by atoms with van der Waals surface area (Å²) in [6, 6.07) is 5.29. The van der Waals surface area contributed by atoms with Crippen molar-refractivity contribution >= 4 is 5.97 Å². The number of hydrogen-bond donors (Lipinski definition) is 1. The number of rotatable bonds is 2. The van der Waals surface area contributed by atoms with Gasteiger partial charge in [0.05, 0.1) is 7.11 Å². The Morgan fingerprint density at radius 1 is 1.50 bits per heavy atom. The van der Waals surface area contributed by atoms with Gasteiger partial charge in [-0.2, -0.15) is 0 Å². The maximum atomic E-state index is 11.3. The minimum absolute atomic E-state index is 0.370. The average Bonchev–Trinajstić information content (AvgIpc) is 2.17. The number of nitrogens with two attached hydrogens (primary N) is 1. The molecule has 1 aliphatic rings. The van der Waals surface area contributed by atoms with E-state index in [0.29, 0.717) is 0 Å². The molecule has 3 heteroatoms. The van der Waals surface area contributed by atoms with Crippen LogP contribution in [0, 0.1) is 0 Å². The first kappa shape index (κ1) is 9.21. The summed E-state index contributed by atoms with van der Waals surface area (Å²) in [4.78, 5) is 11.3. The minimum Gasteiger partial charge on any atom is -0.468 e. The number of ether oxygens (including phenoxy) is 1. The van der Waals surface area contributed by atoms with Gasteiger partial charge in [0.25, 0.3) is 0 Å². The van der Waals surface area contributed by atoms with Crippen molar-refractivity contribution in [1.29, 1.82) is 0 Å². The Labute approximate surface area is 82.9 Å². The summed E-state index contributed by atoms with van der Waals surface area (Å²) in [5.74, 6) is -0.370. The van der Waals surface area contributed by atoms with E-state index in [1.807, 2.05) is 12.1 Å². The van der Waals surface area contributed by atoms with E-state index in [-0.39, 0.29) is 5.97 Å². The van der Waals surface area contributed by atoms with Crippen molar-refractivity contribution < 1.29 is 9.53 Å². The number of benzene rings is 1. The number of methoxy groups -OCH3 is 1. The second-order valence-corrected chi connectivity index (χ2v) is 3.49. The third kappa shape index (κ3) is 1.30. The second-order valence-electron chi connectivity index (χ2n) is 3.49. The standard InChI is InChI=1S/C11H13NO2/c1-14-11(13)10(12)9-4-2-3-7-5-6-8(7)9/h2-4,10H,5-6,12H2,1H3. The molecule has 0 saturated heterocycles. The third-order valence-electron chi connectivity index (χ3n) is 2.74. The molecule has 2 N–H and O–H groups in total. The summed E-state index contributed by atoms with van der Waals surface area (Å²) in [5.41, 5.74) is 9.23. The van der Waals surface area contributed by atoms with Crippen LogP contribution < -0.4 is 5.73 Å². The molecule has 74 valence electrons. The summed E-state index contributed by atoms with van der Waals surface area (Å²) < 4.78 is 4.62. The van der Waals surface area contributed by atoms with Gasteiger partial charge in [-0.05, 0) is 29.5 Å². The molecule has 0 amide bonds. The van der Waals surface area contributed by atoms with Crippen LogP contribution in [-0.4, -0.2) is 13.1 Å². The minimum atomic E-state index is -0.629. The number of hydrogen-bond acceptors (Lipinski definition) is 3. The fourth-order valence-corrected chi connectivity index (χ4v) is 1.82. The lowest BCUT2D eigenvalue weighted by Gasteiger charge is -2.24. The van der Waals surface area contributed by atoms with E-state index in [2.05, 4.69) is 10.8 Å². The highest BCUT2D eigenvalue weighted by molar-refractivity contribution is 5.78. The SMILES string of the molecule is COC(=O)C(N)c1cccc2c1CC2. The molecule has 0 saturated carbocycles. The number of carbonyl (C=O) groups excluding carboxylic acids is 1. The van der Waals surface area contributed by atoms with E-state index < -0.39 is 6.04 Å². The Bertz CT molecular complexity index is 374. The van der Waals surface area contributed by atoms with E-state index >= 15 is 0 Å². The Morgan fingerprint density at radius 3 is 2.86 bits per heavy atom. The number of esters is 1. The van der Waals surface area contributed by atoms with Gasteiger partial charge in [-0.1, -0.05) is 18.2 Å². The highest BCUT2D eigenvalue weighted by Gasteiger charge is 2.24. The molecule has 1 aliphatic carbocycles. The molecule has 0 radical (unpaired) electrons. The fourth-order valence-electron chi connectivity index (χ4n) is 1.82. The summed E-state index contributed by atoms with van der Waals surface area (Å²) in [6.07, 6.45) is 2.12. The van der Waals surface area contributed by atoms with Crippen molar-refractivity contribution in [2.45, 2.75) is 18.9 Å². The first-order chi connectivity index (χ1) is 6.74. The van der Waals surface area contributed by atoms with Gasteiger partial charge in [0.15, 0.2) is 0 Å². The van der Waals surface area contributed by atoms with Gasteiger partial charge in [0.2, 0.25) is 0 Å². The largest absolute Gasteiger partial charge is 0.468 e. The van der Waals surface area contributed by atoms with Crippen molar-refractivity contribution in [3.05, 3.63) is 34.9 Å². The van der Waals surface area contributed by atoms with Gasteiger partial charge in [0.1, 0.15) is 6.04 Å². The zero-order valence-corrected chi connectivity index (χ0v) is 8.12. The summed E-state index contributed by atoms with van der Waals surface area (Å²) in [5, 5.41) is 0. The normalized spacial score (nSPS) is 15.3. The van der Waals surface area contributed by atoms with Crippen LogP contribution in [0.5, 0.6) is 0 Å². The Hall–Kier alpha value is -1.35. The molecule has 1 aromatic rings. The molecule has 14 heavy (non-hydrogen) atoms. The Kier molecular flexibility index (Phi) is 2.25. The van der Waals surface area contributed by atoms with Crippen LogP contribution in [0.25, 0.3) is 0 Å². The summed E-state index contributed by atoms with van der Waals surface area (Å²) >= 11 is 0. The molecule has 0 fully saturated rings. The topological polar surface area (TPSA) is 52.3 Å². The van der Waals surface area contributed by atoms with E-state index in [4.69, 9.17) is 5.73 Å². The monoisotopic (exact) mass is 191 g/mol. The molecule has 0 bridgehead atoms. The van der Waals surface area contributed by atoms with Crippen molar-refractivity contribution in [2.24, 2.45) is 5.73 Å². The zero-order valence-electron chi connectivity index (χ0n) is 8.12. The predicted molar refractivity (Wildman–Crippen MR) is 52.8 cm³/mol. The molecule has 2 rings (SSSR count). The highest BCUT2D eigenvalue weighted by Crippen LogP contribution is 2.29. The molecule has 1 unspecified atom stereocenters. The Balaban J connectivity index is 2.32. The maximum absolute atomic E-state index is 11.3. The first-order valence-electron chi connectivity index (χ1n) is 4.68. The molecule has 0 heterocycles. The molecule has 0 aromatic heterocycles. The number of aryl methyl sites for hydroxylation is 1. The molecular formula is C11H13NO2. The molecule has 0 spiro atoms. The van der Waals surface area contributed by atoms with Gasteiger partial charge >= 0.3 is 5.97 Å². The fraction of sp³-hybridized carbons (Fsp3) is 0.364. The lowest BCUT2D eigenvalue weighted by Crippen LogP contribution is -2.26. The lowest BCUT2D eigenvalue weighted by molar-refractivity contribution is -0.142. The third-order valence-corrected chi connectivity index (χ3v) is 2.74. The maximum Gasteiger partial charge on any atom is 0.327 e. The summed E-state index contributed by atoms with van der Waals surface area (Å²) in [7, 11) is 1.36. The molecule has 1 atom stereocenters. The van der Waals surface area contributed by atoms with Crippen LogP contribution in [0.4, 0.5) is 0 Å². The van der Waals surface area contributed by atoms with Crippen LogP contribution in [0.1, 0.15) is 22.7 Å². The Morgan fingerprint density at radius 2 is 2.29 bits per heavy atom. The van der Waals surface area contributed by atoms with E-state index in [0.717, 1.165) is 18.4 Å². The van der Waals surface area contributed by atoms with Crippen LogP contribution in [0.2, 0.25) is 0 Å². The zero-order chi connectivity index (χ0) is 10.1. The number of carbonyl (C=O) groups is 1. The van der Waals surface area contributed by atoms with Gasteiger partial charge in [-0.3, -0.25) is 4.79 Å². The van der Waals surface area contributed by atoms with Crippen LogP contribution in [0.15, 0.2) is 18.2 Å². The molecule has 1 aromatic carbocycles. The molecule has 3 nitrogen and oxygen atoms in total. The van der Waals surface area contributed by atoms with Crippen molar-refractivity contribution in [1.82, 2.24) is 0 Å². The van der Waals surface area contributed by atoms with Crippen LogP contribution >= 0.6 is 0 Å². The van der Waals surface area contributed by atoms with Crippen LogP contribution in [0.3, 0.4) is 0 Å². The van der Waals surface area contributed by atoms with Crippen molar-refractivity contribution in [2.75, 3.05) is 7.11 Å². The van der Waals surface area contributed by atoms with Gasteiger partial charge in [-0.15, -0.1) is 0 Å². The lowest BCUT2D eigenvalue weighted by atomic mass is 9.83. The quantitative estimate of drug-likeness (QED) is 0.708. The van der Waals surface area contributed by atoms with Gasteiger partial charge in [-0.25, -0.2) is 0 Å². The van der Waals surface area contributed by atoms with E-state index in [1.54, 1.807) is 0 Å². The number of fused-ring (bicyclic) bond motifs is 1. The first-order valence-corrected chi connectivity index (χ1v) is 4.68. The molecular weight excluding hydrogens is 178 g/mol. The van der Waals surface area contributed by atoms with Crippen molar-refractivity contribution in [3.8, 4) is 0 Å². The summed E-state index contributed by atoms with van der Waals surface area (Å²) in [6.45, 7) is 0. The predicted octanol–water partition coefficient (Wildman–Crippen LogP) is 0.958. The molecule has 0 aliphatic heterocycles. The van der Waals surface area contributed by atoms with E-state index in [9.17, 15) is 4.79 Å². The van der Waals surface area contributed by atoms with Crippen molar-refractivity contribution in [3.63, 3.8) is 0 Å². The van der Waals surface area contributed by atoms with Crippen LogP contribution in [-0.2, 0) is 22.4 Å². The average molecular weight is 191 g/mol. The van der Waals surface area contributed by atoms with Gasteiger partial charge < -0.3 is 10.5 Å².